The number of Topliss-reactive ketones (excluding diaryl/α,β-unsaturated/α-hetero) is 1. The van der Waals surface area contributed by atoms with E-state index >= 15 is 0 Å². The zero-order chi connectivity index (χ0) is 14.3. The molecule has 0 unspecified atom stereocenters. The number of rotatable bonds is 6. The Kier molecular flexibility index (Phi) is 6.02. The highest BCUT2D eigenvalue weighted by molar-refractivity contribution is 5.95. The van der Waals surface area contributed by atoms with E-state index in [2.05, 4.69) is 5.32 Å². The topological polar surface area (TPSA) is 69.6 Å². The van der Waals surface area contributed by atoms with Crippen molar-refractivity contribution in [3.05, 3.63) is 29.8 Å². The number of nitrogens with zero attached hydrogens (tertiary/aromatic N) is 1. The minimum atomic E-state index is -0.202. The smallest absolute Gasteiger partial charge is 0.321 e. The van der Waals surface area contributed by atoms with Gasteiger partial charge in [-0.05, 0) is 44.5 Å². The summed E-state index contributed by atoms with van der Waals surface area (Å²) in [7, 11) is 0. The molecule has 0 saturated heterocycles. The molecule has 5 heteroatoms. The van der Waals surface area contributed by atoms with E-state index < -0.39 is 0 Å². The maximum atomic E-state index is 11.9. The molecule has 0 aliphatic heterocycles. The number of hydrogen-bond acceptors (Lipinski definition) is 3. The van der Waals surface area contributed by atoms with E-state index in [1.165, 1.54) is 6.92 Å². The fourth-order valence-corrected chi connectivity index (χ4v) is 1.66. The maximum absolute atomic E-state index is 11.9. The van der Waals surface area contributed by atoms with Crippen LogP contribution >= 0.6 is 0 Å². The first-order valence-electron chi connectivity index (χ1n) is 6.36. The van der Waals surface area contributed by atoms with Gasteiger partial charge in [-0.1, -0.05) is 0 Å². The van der Waals surface area contributed by atoms with Crippen molar-refractivity contribution in [3.8, 4) is 0 Å². The molecule has 0 aliphatic carbocycles. The van der Waals surface area contributed by atoms with Gasteiger partial charge in [0.2, 0.25) is 0 Å². The van der Waals surface area contributed by atoms with E-state index in [-0.39, 0.29) is 18.4 Å². The molecule has 1 aromatic carbocycles. The minimum Gasteiger partial charge on any atom is -0.396 e. The molecular formula is C14H20N2O3. The second kappa shape index (κ2) is 7.53. The van der Waals surface area contributed by atoms with Gasteiger partial charge in [-0.15, -0.1) is 0 Å². The van der Waals surface area contributed by atoms with Crippen molar-refractivity contribution in [1.82, 2.24) is 4.90 Å². The molecule has 0 saturated carbocycles. The lowest BCUT2D eigenvalue weighted by Crippen LogP contribution is -2.35. The molecule has 0 spiro atoms. The van der Waals surface area contributed by atoms with Gasteiger partial charge < -0.3 is 15.3 Å². The van der Waals surface area contributed by atoms with Crippen LogP contribution < -0.4 is 5.32 Å². The first kappa shape index (κ1) is 15.2. The van der Waals surface area contributed by atoms with Crippen molar-refractivity contribution in [3.63, 3.8) is 0 Å². The van der Waals surface area contributed by atoms with Gasteiger partial charge >= 0.3 is 6.03 Å². The van der Waals surface area contributed by atoms with Gasteiger partial charge in [0.15, 0.2) is 5.78 Å². The Morgan fingerprint density at radius 2 is 1.89 bits per heavy atom. The van der Waals surface area contributed by atoms with E-state index in [9.17, 15) is 9.59 Å². The zero-order valence-corrected chi connectivity index (χ0v) is 11.3. The number of ketones is 1. The summed E-state index contributed by atoms with van der Waals surface area (Å²) < 4.78 is 0. The van der Waals surface area contributed by atoms with Crippen LogP contribution in [0.15, 0.2) is 24.3 Å². The third-order valence-corrected chi connectivity index (χ3v) is 2.80. The summed E-state index contributed by atoms with van der Waals surface area (Å²) in [4.78, 5) is 24.7. The molecule has 0 aromatic heterocycles. The Morgan fingerprint density at radius 1 is 1.26 bits per heavy atom. The van der Waals surface area contributed by atoms with Crippen LogP contribution in [0, 0.1) is 0 Å². The lowest BCUT2D eigenvalue weighted by molar-refractivity contribution is 0.101. The zero-order valence-electron chi connectivity index (χ0n) is 11.3. The van der Waals surface area contributed by atoms with Gasteiger partial charge in [0.25, 0.3) is 0 Å². The van der Waals surface area contributed by atoms with E-state index in [0.717, 1.165) is 0 Å². The second-order valence-corrected chi connectivity index (χ2v) is 4.22. The molecule has 1 aromatic rings. The standard InChI is InChI=1S/C14H20N2O3/c1-3-16(9-4-10-17)14(19)15-13-7-5-12(6-8-13)11(2)18/h5-8,17H,3-4,9-10H2,1-2H3,(H,15,19). The molecular weight excluding hydrogens is 244 g/mol. The summed E-state index contributed by atoms with van der Waals surface area (Å²) in [5.41, 5.74) is 1.27. The summed E-state index contributed by atoms with van der Waals surface area (Å²) in [6, 6.07) is 6.57. The Bertz CT molecular complexity index is 429. The number of anilines is 1. The van der Waals surface area contributed by atoms with Crippen molar-refractivity contribution in [2.75, 3.05) is 25.0 Å². The van der Waals surface area contributed by atoms with Gasteiger partial charge in [-0.25, -0.2) is 4.79 Å². The third kappa shape index (κ3) is 4.71. The highest BCUT2D eigenvalue weighted by Crippen LogP contribution is 2.11. The molecule has 0 radical (unpaired) electrons. The number of nitrogens with one attached hydrogen (secondary N) is 1. The van der Waals surface area contributed by atoms with Crippen LogP contribution in [-0.4, -0.2) is 41.5 Å². The van der Waals surface area contributed by atoms with Crippen molar-refractivity contribution >= 4 is 17.5 Å². The molecule has 0 heterocycles. The Labute approximate surface area is 113 Å². The average molecular weight is 264 g/mol. The fraction of sp³-hybridized carbons (Fsp3) is 0.429. The van der Waals surface area contributed by atoms with Crippen molar-refractivity contribution < 1.29 is 14.7 Å². The Morgan fingerprint density at radius 3 is 2.37 bits per heavy atom. The summed E-state index contributed by atoms with van der Waals surface area (Å²) in [6.45, 7) is 4.55. The molecule has 104 valence electrons. The van der Waals surface area contributed by atoms with Crippen LogP contribution in [-0.2, 0) is 0 Å². The molecule has 1 rings (SSSR count). The van der Waals surface area contributed by atoms with Gasteiger partial charge in [0, 0.05) is 30.9 Å². The van der Waals surface area contributed by atoms with E-state index in [1.807, 2.05) is 6.92 Å². The van der Waals surface area contributed by atoms with E-state index in [1.54, 1.807) is 29.2 Å². The predicted molar refractivity (Wildman–Crippen MR) is 74.4 cm³/mol. The third-order valence-electron chi connectivity index (χ3n) is 2.80. The van der Waals surface area contributed by atoms with Crippen LogP contribution in [0.1, 0.15) is 30.6 Å². The molecule has 0 atom stereocenters. The normalized spacial score (nSPS) is 10.1. The van der Waals surface area contributed by atoms with Crippen LogP contribution in [0.4, 0.5) is 10.5 Å². The number of benzene rings is 1. The highest BCUT2D eigenvalue weighted by atomic mass is 16.3. The average Bonchev–Trinajstić information content (AvgIpc) is 2.40. The summed E-state index contributed by atoms with van der Waals surface area (Å²) in [5.74, 6) is -0.00370. The Hall–Kier alpha value is -1.88. The fourth-order valence-electron chi connectivity index (χ4n) is 1.66. The maximum Gasteiger partial charge on any atom is 0.321 e. The van der Waals surface area contributed by atoms with Gasteiger partial charge in [-0.3, -0.25) is 4.79 Å². The van der Waals surface area contributed by atoms with Crippen molar-refractivity contribution in [1.29, 1.82) is 0 Å². The number of aliphatic hydroxyl groups is 1. The SMILES string of the molecule is CCN(CCCO)C(=O)Nc1ccc(C(C)=O)cc1. The summed E-state index contributed by atoms with van der Waals surface area (Å²) in [5, 5.41) is 11.5. The molecule has 2 amide bonds. The second-order valence-electron chi connectivity index (χ2n) is 4.22. The van der Waals surface area contributed by atoms with Crippen molar-refractivity contribution in [2.24, 2.45) is 0 Å². The number of amides is 2. The molecule has 19 heavy (non-hydrogen) atoms. The van der Waals surface area contributed by atoms with Crippen LogP contribution in [0.2, 0.25) is 0 Å². The van der Waals surface area contributed by atoms with Crippen LogP contribution in [0.3, 0.4) is 0 Å². The molecule has 0 aliphatic rings. The number of carbonyl (C=O) groups excluding carboxylic acids is 2. The van der Waals surface area contributed by atoms with Gasteiger partial charge in [0.05, 0.1) is 0 Å². The van der Waals surface area contributed by atoms with Crippen LogP contribution in [0.25, 0.3) is 0 Å². The minimum absolute atomic E-state index is 0.00370. The summed E-state index contributed by atoms with van der Waals surface area (Å²) in [6.07, 6.45) is 0.560. The Balaban J connectivity index is 2.62. The van der Waals surface area contributed by atoms with E-state index in [4.69, 9.17) is 5.11 Å². The van der Waals surface area contributed by atoms with E-state index in [0.29, 0.717) is 30.8 Å². The molecule has 0 bridgehead atoms. The highest BCUT2D eigenvalue weighted by Gasteiger charge is 2.11. The molecule has 2 N–H and O–H groups in total. The largest absolute Gasteiger partial charge is 0.396 e. The predicted octanol–water partition coefficient (Wildman–Crippen LogP) is 2.13. The number of urea groups is 1. The lowest BCUT2D eigenvalue weighted by atomic mass is 10.1. The van der Waals surface area contributed by atoms with Gasteiger partial charge in [-0.2, -0.15) is 0 Å². The number of aliphatic hydroxyl groups excluding tert-OH is 1. The quantitative estimate of drug-likeness (QED) is 0.773. The van der Waals surface area contributed by atoms with Crippen molar-refractivity contribution in [2.45, 2.75) is 20.3 Å². The van der Waals surface area contributed by atoms with Gasteiger partial charge in [0.1, 0.15) is 0 Å². The lowest BCUT2D eigenvalue weighted by Gasteiger charge is -2.21. The van der Waals surface area contributed by atoms with Crippen LogP contribution in [0.5, 0.6) is 0 Å². The first-order valence-corrected chi connectivity index (χ1v) is 6.36. The number of carbonyl (C=O) groups is 2. The molecule has 5 nitrogen and oxygen atoms in total. The summed E-state index contributed by atoms with van der Waals surface area (Å²) >= 11 is 0. The first-order chi connectivity index (χ1) is 9.08. The number of hydrogen-bond donors (Lipinski definition) is 2. The monoisotopic (exact) mass is 264 g/mol. The molecule has 0 fully saturated rings.